The molecule has 106 valence electrons. The number of rotatable bonds is 4. The van der Waals surface area contributed by atoms with E-state index >= 15 is 0 Å². The summed E-state index contributed by atoms with van der Waals surface area (Å²) < 4.78 is 1.13. The molecule has 0 saturated carbocycles. The molecule has 2 aromatic carbocycles. The minimum atomic E-state index is -0.0525. The summed E-state index contributed by atoms with van der Waals surface area (Å²) >= 11 is 3.54. The number of hydrogen-bond acceptors (Lipinski definition) is 1. The lowest BCUT2D eigenvalue weighted by Crippen LogP contribution is -2.14. The summed E-state index contributed by atoms with van der Waals surface area (Å²) in [5, 5.41) is 0. The first-order valence-corrected chi connectivity index (χ1v) is 7.99. The molecule has 0 aliphatic rings. The molecular formula is C18H22BrN. The normalized spacial score (nSPS) is 12.4. The monoisotopic (exact) mass is 331 g/mol. The van der Waals surface area contributed by atoms with Gasteiger partial charge >= 0.3 is 0 Å². The number of aryl methyl sites for hydroxylation is 3. The lowest BCUT2D eigenvalue weighted by atomic mass is 9.91. The van der Waals surface area contributed by atoms with Gasteiger partial charge in [0.1, 0.15) is 0 Å². The van der Waals surface area contributed by atoms with Crippen molar-refractivity contribution in [3.63, 3.8) is 0 Å². The Morgan fingerprint density at radius 3 is 2.40 bits per heavy atom. The van der Waals surface area contributed by atoms with Gasteiger partial charge in [0.2, 0.25) is 0 Å². The Balaban J connectivity index is 2.45. The maximum Gasteiger partial charge on any atom is 0.0554 e. The van der Waals surface area contributed by atoms with Crippen LogP contribution in [0.25, 0.3) is 0 Å². The van der Waals surface area contributed by atoms with Crippen LogP contribution in [0.5, 0.6) is 0 Å². The highest BCUT2D eigenvalue weighted by molar-refractivity contribution is 9.10. The second kappa shape index (κ2) is 6.55. The van der Waals surface area contributed by atoms with E-state index in [9.17, 15) is 0 Å². The Morgan fingerprint density at radius 1 is 1.05 bits per heavy atom. The molecule has 0 radical (unpaired) electrons. The third-order valence-electron chi connectivity index (χ3n) is 3.88. The van der Waals surface area contributed by atoms with Crippen molar-refractivity contribution in [2.24, 2.45) is 5.73 Å². The summed E-state index contributed by atoms with van der Waals surface area (Å²) in [4.78, 5) is 0. The van der Waals surface area contributed by atoms with Crippen LogP contribution >= 0.6 is 15.9 Å². The first kappa shape index (κ1) is 15.3. The van der Waals surface area contributed by atoms with Crippen LogP contribution in [0.1, 0.15) is 47.7 Å². The molecule has 0 saturated heterocycles. The number of hydrogen-bond donors (Lipinski definition) is 1. The van der Waals surface area contributed by atoms with Crippen molar-refractivity contribution in [2.75, 3.05) is 0 Å². The molecular weight excluding hydrogens is 310 g/mol. The molecule has 1 unspecified atom stereocenters. The van der Waals surface area contributed by atoms with Crippen molar-refractivity contribution in [3.8, 4) is 0 Å². The summed E-state index contributed by atoms with van der Waals surface area (Å²) in [7, 11) is 0. The van der Waals surface area contributed by atoms with Crippen LogP contribution in [0, 0.1) is 6.92 Å². The van der Waals surface area contributed by atoms with E-state index in [2.05, 4.69) is 73.1 Å². The number of nitrogens with two attached hydrogens (primary N) is 1. The Kier molecular flexibility index (Phi) is 5.00. The fourth-order valence-electron chi connectivity index (χ4n) is 2.52. The van der Waals surface area contributed by atoms with E-state index in [1.165, 1.54) is 27.8 Å². The van der Waals surface area contributed by atoms with E-state index < -0.39 is 0 Å². The van der Waals surface area contributed by atoms with Crippen LogP contribution in [0.4, 0.5) is 0 Å². The van der Waals surface area contributed by atoms with Gasteiger partial charge in [-0.05, 0) is 53.6 Å². The summed E-state index contributed by atoms with van der Waals surface area (Å²) in [5.74, 6) is 0. The minimum absolute atomic E-state index is 0.0525. The van der Waals surface area contributed by atoms with Gasteiger partial charge in [-0.3, -0.25) is 0 Å². The van der Waals surface area contributed by atoms with Crippen molar-refractivity contribution in [2.45, 2.75) is 39.7 Å². The largest absolute Gasteiger partial charge is 0.320 e. The van der Waals surface area contributed by atoms with Gasteiger partial charge in [-0.2, -0.15) is 0 Å². The molecule has 2 aromatic rings. The molecule has 1 atom stereocenters. The summed E-state index contributed by atoms with van der Waals surface area (Å²) in [6, 6.07) is 13.0. The molecule has 0 aliphatic carbocycles. The molecule has 0 aromatic heterocycles. The van der Waals surface area contributed by atoms with Crippen molar-refractivity contribution >= 4 is 15.9 Å². The first-order chi connectivity index (χ1) is 9.56. The summed E-state index contributed by atoms with van der Waals surface area (Å²) in [6.07, 6.45) is 2.06. The van der Waals surface area contributed by atoms with Gasteiger partial charge in [-0.15, -0.1) is 0 Å². The van der Waals surface area contributed by atoms with Crippen LogP contribution in [0.15, 0.2) is 40.9 Å². The zero-order valence-corrected chi connectivity index (χ0v) is 14.0. The Morgan fingerprint density at radius 2 is 1.80 bits per heavy atom. The fourth-order valence-corrected chi connectivity index (χ4v) is 2.76. The van der Waals surface area contributed by atoms with Crippen molar-refractivity contribution in [1.82, 2.24) is 0 Å². The molecule has 0 spiro atoms. The van der Waals surface area contributed by atoms with Gasteiger partial charge in [0.15, 0.2) is 0 Å². The Bertz CT molecular complexity index is 604. The topological polar surface area (TPSA) is 26.0 Å². The predicted molar refractivity (Wildman–Crippen MR) is 90.1 cm³/mol. The fraction of sp³-hybridized carbons (Fsp3) is 0.333. The zero-order valence-electron chi connectivity index (χ0n) is 12.4. The highest BCUT2D eigenvalue weighted by atomic mass is 79.9. The van der Waals surface area contributed by atoms with Crippen molar-refractivity contribution in [3.05, 3.63) is 68.7 Å². The number of halogens is 1. The molecule has 0 fully saturated rings. The molecule has 1 nitrogen and oxygen atoms in total. The third kappa shape index (κ3) is 3.13. The zero-order chi connectivity index (χ0) is 14.7. The van der Waals surface area contributed by atoms with Crippen LogP contribution in [0.3, 0.4) is 0 Å². The molecule has 2 heteroatoms. The van der Waals surface area contributed by atoms with Crippen LogP contribution < -0.4 is 5.73 Å². The van der Waals surface area contributed by atoms with Crippen LogP contribution in [0.2, 0.25) is 0 Å². The molecule has 0 heterocycles. The summed E-state index contributed by atoms with van der Waals surface area (Å²) in [5.41, 5.74) is 12.9. The van der Waals surface area contributed by atoms with E-state index in [1.54, 1.807) is 0 Å². The number of benzene rings is 2. The Hall–Kier alpha value is -1.12. The maximum atomic E-state index is 6.52. The smallest absolute Gasteiger partial charge is 0.0554 e. The molecule has 20 heavy (non-hydrogen) atoms. The van der Waals surface area contributed by atoms with Crippen molar-refractivity contribution < 1.29 is 0 Å². The SMILES string of the molecule is CCc1ccc(CC)c(C(N)c2ccc(Br)c(C)c2)c1. The standard InChI is InChI=1S/C18H22BrN/c1-4-13-6-7-14(5-2)16(11-13)18(20)15-8-9-17(19)12(3)10-15/h6-11,18H,4-5,20H2,1-3H3. The van der Waals surface area contributed by atoms with Gasteiger partial charge in [-0.25, -0.2) is 0 Å². The first-order valence-electron chi connectivity index (χ1n) is 7.20. The van der Waals surface area contributed by atoms with Gasteiger partial charge in [0, 0.05) is 4.47 Å². The van der Waals surface area contributed by atoms with E-state index in [1.807, 2.05) is 0 Å². The molecule has 2 rings (SSSR count). The lowest BCUT2D eigenvalue weighted by Gasteiger charge is -2.18. The average Bonchev–Trinajstić information content (AvgIpc) is 2.48. The third-order valence-corrected chi connectivity index (χ3v) is 4.77. The highest BCUT2D eigenvalue weighted by Gasteiger charge is 2.14. The molecule has 0 bridgehead atoms. The maximum absolute atomic E-state index is 6.52. The quantitative estimate of drug-likeness (QED) is 0.844. The van der Waals surface area contributed by atoms with E-state index in [-0.39, 0.29) is 6.04 Å². The van der Waals surface area contributed by atoms with Gasteiger partial charge in [-0.1, -0.05) is 60.1 Å². The van der Waals surface area contributed by atoms with Crippen molar-refractivity contribution in [1.29, 1.82) is 0 Å². The second-order valence-corrected chi connectivity index (χ2v) is 6.08. The minimum Gasteiger partial charge on any atom is -0.320 e. The molecule has 2 N–H and O–H groups in total. The second-order valence-electron chi connectivity index (χ2n) is 5.23. The molecule has 0 amide bonds. The molecule has 0 aliphatic heterocycles. The van der Waals surface area contributed by atoms with Gasteiger partial charge < -0.3 is 5.73 Å². The Labute approximate surface area is 130 Å². The van der Waals surface area contributed by atoms with Crippen LogP contribution in [-0.2, 0) is 12.8 Å². The summed E-state index contributed by atoms with van der Waals surface area (Å²) in [6.45, 7) is 6.47. The predicted octanol–water partition coefficient (Wildman–Crippen LogP) is 4.93. The van der Waals surface area contributed by atoms with E-state index in [0.29, 0.717) is 0 Å². The van der Waals surface area contributed by atoms with Crippen LogP contribution in [-0.4, -0.2) is 0 Å². The van der Waals surface area contributed by atoms with Gasteiger partial charge in [0.05, 0.1) is 6.04 Å². The van der Waals surface area contributed by atoms with E-state index in [0.717, 1.165) is 17.3 Å². The average molecular weight is 332 g/mol. The van der Waals surface area contributed by atoms with Gasteiger partial charge in [0.25, 0.3) is 0 Å². The van der Waals surface area contributed by atoms with E-state index in [4.69, 9.17) is 5.73 Å². The lowest BCUT2D eigenvalue weighted by molar-refractivity contribution is 0.843. The highest BCUT2D eigenvalue weighted by Crippen LogP contribution is 2.27.